The van der Waals surface area contributed by atoms with Crippen molar-refractivity contribution in [2.75, 3.05) is 6.79 Å². The van der Waals surface area contributed by atoms with Gasteiger partial charge >= 0.3 is 0 Å². The molecule has 0 bridgehead atoms. The van der Waals surface area contributed by atoms with Gasteiger partial charge in [-0.2, -0.15) is 0 Å². The maximum atomic E-state index is 6.12. The molecule has 0 amide bonds. The fourth-order valence-electron chi connectivity index (χ4n) is 2.96. The average molecular weight is 350 g/mol. The van der Waals surface area contributed by atoms with Gasteiger partial charge in [-0.1, -0.05) is 23.7 Å². The Morgan fingerprint density at radius 1 is 0.840 bits per heavy atom. The molecule has 5 rings (SSSR count). The third kappa shape index (κ3) is 2.40. The van der Waals surface area contributed by atoms with E-state index in [2.05, 4.69) is 10.2 Å². The van der Waals surface area contributed by atoms with Crippen molar-refractivity contribution < 1.29 is 9.47 Å². The maximum absolute atomic E-state index is 6.12. The number of pyridine rings is 1. The molecule has 0 radical (unpaired) electrons. The first-order valence-corrected chi connectivity index (χ1v) is 8.16. The van der Waals surface area contributed by atoms with Crippen molar-refractivity contribution in [3.05, 3.63) is 65.8 Å². The van der Waals surface area contributed by atoms with Crippen molar-refractivity contribution in [2.24, 2.45) is 0 Å². The van der Waals surface area contributed by atoms with E-state index in [0.29, 0.717) is 5.02 Å². The number of ether oxygens (including phenoxy) is 2. The second-order valence-corrected chi connectivity index (χ2v) is 6.18. The van der Waals surface area contributed by atoms with Crippen molar-refractivity contribution in [1.82, 2.24) is 14.6 Å². The van der Waals surface area contributed by atoms with Crippen molar-refractivity contribution in [3.63, 3.8) is 0 Å². The second-order valence-electron chi connectivity index (χ2n) is 5.75. The van der Waals surface area contributed by atoms with Gasteiger partial charge in [0.05, 0.1) is 0 Å². The molecule has 3 heterocycles. The first-order valence-electron chi connectivity index (χ1n) is 7.79. The SMILES string of the molecule is Clc1cccc(-c2ccc3nnc(-c4ccc5c(c4)OCO5)n3c2)c1. The minimum absolute atomic E-state index is 0.248. The normalized spacial score (nSPS) is 12.7. The monoisotopic (exact) mass is 349 g/mol. The Balaban J connectivity index is 1.66. The number of fused-ring (bicyclic) bond motifs is 2. The zero-order valence-electron chi connectivity index (χ0n) is 13.0. The summed E-state index contributed by atoms with van der Waals surface area (Å²) in [6.07, 6.45) is 2.01. The van der Waals surface area contributed by atoms with Crippen molar-refractivity contribution in [2.45, 2.75) is 0 Å². The average Bonchev–Trinajstić information content (AvgIpc) is 3.27. The molecule has 1 aliphatic heterocycles. The van der Waals surface area contributed by atoms with Crippen molar-refractivity contribution in [1.29, 1.82) is 0 Å². The standard InChI is InChI=1S/C19H12ClN3O2/c20-15-3-1-2-12(8-15)14-5-7-18-21-22-19(23(18)10-14)13-4-6-16-17(9-13)25-11-24-16/h1-10H,11H2. The second kappa shape index (κ2) is 5.50. The fourth-order valence-corrected chi connectivity index (χ4v) is 3.15. The number of hydrogen-bond acceptors (Lipinski definition) is 4. The van der Waals surface area contributed by atoms with E-state index in [1.165, 1.54) is 0 Å². The zero-order chi connectivity index (χ0) is 16.8. The Labute approximate surface area is 148 Å². The predicted molar refractivity (Wildman–Crippen MR) is 95.0 cm³/mol. The van der Waals surface area contributed by atoms with E-state index in [0.717, 1.165) is 39.7 Å². The number of nitrogens with zero attached hydrogens (tertiary/aromatic N) is 3. The molecule has 0 saturated heterocycles. The van der Waals surface area contributed by atoms with Gasteiger partial charge in [-0.3, -0.25) is 4.40 Å². The highest BCUT2D eigenvalue weighted by molar-refractivity contribution is 6.30. The summed E-state index contributed by atoms with van der Waals surface area (Å²) in [7, 11) is 0. The van der Waals surface area contributed by atoms with Crippen LogP contribution in [0.25, 0.3) is 28.2 Å². The van der Waals surface area contributed by atoms with Crippen LogP contribution >= 0.6 is 11.6 Å². The number of hydrogen-bond donors (Lipinski definition) is 0. The van der Waals surface area contributed by atoms with Gasteiger partial charge in [0.25, 0.3) is 0 Å². The highest BCUT2D eigenvalue weighted by atomic mass is 35.5. The van der Waals surface area contributed by atoms with Crippen molar-refractivity contribution >= 4 is 17.2 Å². The quantitative estimate of drug-likeness (QED) is 0.536. The van der Waals surface area contributed by atoms with Gasteiger partial charge in [0.1, 0.15) is 0 Å². The summed E-state index contributed by atoms with van der Waals surface area (Å²) in [5.41, 5.74) is 3.77. The Bertz CT molecular complexity index is 1110. The van der Waals surface area contributed by atoms with E-state index in [1.54, 1.807) is 0 Å². The zero-order valence-corrected chi connectivity index (χ0v) is 13.8. The van der Waals surface area contributed by atoms with E-state index < -0.39 is 0 Å². The summed E-state index contributed by atoms with van der Waals surface area (Å²) in [6, 6.07) is 17.5. The molecule has 0 fully saturated rings. The maximum Gasteiger partial charge on any atom is 0.231 e. The Morgan fingerprint density at radius 2 is 1.72 bits per heavy atom. The highest BCUT2D eigenvalue weighted by Crippen LogP contribution is 2.35. The van der Waals surface area contributed by atoms with Crippen LogP contribution in [0.1, 0.15) is 0 Å². The molecule has 0 spiro atoms. The van der Waals surface area contributed by atoms with Crippen LogP contribution in [0.3, 0.4) is 0 Å². The third-order valence-electron chi connectivity index (χ3n) is 4.19. The molecule has 122 valence electrons. The molecule has 5 nitrogen and oxygen atoms in total. The molecule has 6 heteroatoms. The molecule has 0 N–H and O–H groups in total. The number of rotatable bonds is 2. The topological polar surface area (TPSA) is 48.7 Å². The molecular formula is C19H12ClN3O2. The molecule has 0 unspecified atom stereocenters. The summed E-state index contributed by atoms with van der Waals surface area (Å²) in [6.45, 7) is 0.248. The molecule has 4 aromatic rings. The molecule has 0 atom stereocenters. The van der Waals surface area contributed by atoms with Crippen LogP contribution in [0, 0.1) is 0 Å². The lowest BCUT2D eigenvalue weighted by Crippen LogP contribution is -1.93. The van der Waals surface area contributed by atoms with E-state index in [1.807, 2.05) is 65.2 Å². The van der Waals surface area contributed by atoms with Gasteiger partial charge in [-0.15, -0.1) is 10.2 Å². The highest BCUT2D eigenvalue weighted by Gasteiger charge is 2.16. The number of halogens is 1. The Hall–Kier alpha value is -3.05. The van der Waals surface area contributed by atoms with Gasteiger partial charge in [0.2, 0.25) is 6.79 Å². The van der Waals surface area contributed by atoms with Crippen LogP contribution in [-0.4, -0.2) is 21.4 Å². The summed E-state index contributed by atoms with van der Waals surface area (Å²) < 4.78 is 12.8. The molecule has 1 aliphatic rings. The lowest BCUT2D eigenvalue weighted by atomic mass is 10.1. The van der Waals surface area contributed by atoms with Crippen LogP contribution in [-0.2, 0) is 0 Å². The molecule has 0 saturated carbocycles. The summed E-state index contributed by atoms with van der Waals surface area (Å²) in [4.78, 5) is 0. The Kier molecular flexibility index (Phi) is 3.15. The lowest BCUT2D eigenvalue weighted by Gasteiger charge is -2.06. The molecule has 25 heavy (non-hydrogen) atoms. The third-order valence-corrected chi connectivity index (χ3v) is 4.43. The van der Waals surface area contributed by atoms with E-state index in [-0.39, 0.29) is 6.79 Å². The first kappa shape index (κ1) is 14.3. The van der Waals surface area contributed by atoms with Crippen LogP contribution in [0.5, 0.6) is 11.5 Å². The fraction of sp³-hybridized carbons (Fsp3) is 0.0526. The van der Waals surface area contributed by atoms with Gasteiger partial charge < -0.3 is 9.47 Å². The first-order chi connectivity index (χ1) is 12.3. The van der Waals surface area contributed by atoms with Gasteiger partial charge in [0, 0.05) is 16.8 Å². The largest absolute Gasteiger partial charge is 0.454 e. The van der Waals surface area contributed by atoms with E-state index in [9.17, 15) is 0 Å². The summed E-state index contributed by atoms with van der Waals surface area (Å²) in [5.74, 6) is 2.22. The van der Waals surface area contributed by atoms with Gasteiger partial charge in [0.15, 0.2) is 23.0 Å². The van der Waals surface area contributed by atoms with E-state index >= 15 is 0 Å². The molecule has 2 aromatic carbocycles. The smallest absolute Gasteiger partial charge is 0.231 e. The Morgan fingerprint density at radius 3 is 2.64 bits per heavy atom. The summed E-state index contributed by atoms with van der Waals surface area (Å²) >= 11 is 6.12. The van der Waals surface area contributed by atoms with Crippen LogP contribution in [0.2, 0.25) is 5.02 Å². The van der Waals surface area contributed by atoms with Crippen LogP contribution in [0.4, 0.5) is 0 Å². The van der Waals surface area contributed by atoms with E-state index in [4.69, 9.17) is 21.1 Å². The number of aromatic nitrogens is 3. The minimum atomic E-state index is 0.248. The molecular weight excluding hydrogens is 338 g/mol. The van der Waals surface area contributed by atoms with Crippen molar-refractivity contribution in [3.8, 4) is 34.0 Å². The molecule has 0 aliphatic carbocycles. The number of benzene rings is 2. The van der Waals surface area contributed by atoms with Crippen LogP contribution in [0.15, 0.2) is 60.8 Å². The molecule has 2 aromatic heterocycles. The minimum Gasteiger partial charge on any atom is -0.454 e. The summed E-state index contributed by atoms with van der Waals surface area (Å²) in [5, 5.41) is 9.30. The van der Waals surface area contributed by atoms with Gasteiger partial charge in [-0.25, -0.2) is 0 Å². The predicted octanol–water partition coefficient (Wildman–Crippen LogP) is 4.45. The lowest BCUT2D eigenvalue weighted by molar-refractivity contribution is 0.174. The van der Waals surface area contributed by atoms with Crippen LogP contribution < -0.4 is 9.47 Å². The van der Waals surface area contributed by atoms with Gasteiger partial charge in [-0.05, 0) is 53.6 Å².